The molecular weight excluding hydrogens is 368 g/mol. The molecule has 156 valence electrons. The summed E-state index contributed by atoms with van der Waals surface area (Å²) in [5.74, 6) is 1.13. The van der Waals surface area contributed by atoms with Gasteiger partial charge in [0.2, 0.25) is 0 Å². The minimum Gasteiger partial charge on any atom is -0.484 e. The summed E-state index contributed by atoms with van der Waals surface area (Å²) in [6.07, 6.45) is 1.06. The molecule has 0 bridgehead atoms. The fraction of sp³-hybridized carbons (Fsp3) is 0.391. The summed E-state index contributed by atoms with van der Waals surface area (Å²) in [5, 5.41) is 0. The summed E-state index contributed by atoms with van der Waals surface area (Å²) >= 11 is 0. The molecule has 2 N–H and O–H groups in total. The lowest BCUT2D eigenvalue weighted by atomic mass is 9.99. The summed E-state index contributed by atoms with van der Waals surface area (Å²) in [5.41, 5.74) is 6.90. The van der Waals surface area contributed by atoms with E-state index in [1.54, 1.807) is 0 Å². The molecule has 0 heterocycles. The van der Waals surface area contributed by atoms with Crippen LogP contribution >= 0.6 is 0 Å². The van der Waals surface area contributed by atoms with E-state index in [-0.39, 0.29) is 19.1 Å². The number of para-hydroxylation sites is 1. The van der Waals surface area contributed by atoms with Crippen LogP contribution in [0.3, 0.4) is 0 Å². The van der Waals surface area contributed by atoms with E-state index in [0.29, 0.717) is 17.4 Å². The summed E-state index contributed by atoms with van der Waals surface area (Å²) in [7, 11) is 0. The Morgan fingerprint density at radius 2 is 1.45 bits per heavy atom. The molecule has 0 saturated heterocycles. The van der Waals surface area contributed by atoms with Crippen molar-refractivity contribution in [1.82, 2.24) is 10.9 Å². The lowest BCUT2D eigenvalue weighted by Gasteiger charge is -2.14. The lowest BCUT2D eigenvalue weighted by molar-refractivity contribution is -0.131. The number of benzene rings is 2. The minimum atomic E-state index is -0.452. The van der Waals surface area contributed by atoms with Crippen molar-refractivity contribution in [2.75, 3.05) is 13.2 Å². The van der Waals surface area contributed by atoms with E-state index < -0.39 is 11.8 Å². The number of hydrogen-bond donors (Lipinski definition) is 2. The SMILES string of the molecule is CC[C@@H](C)c1ccc(OCC(=O)NNC(=O)COc2ccccc2C(C)C)cc1. The third-order valence-corrected chi connectivity index (χ3v) is 4.67. The quantitative estimate of drug-likeness (QED) is 0.628. The maximum Gasteiger partial charge on any atom is 0.276 e. The fourth-order valence-corrected chi connectivity index (χ4v) is 2.72. The van der Waals surface area contributed by atoms with Gasteiger partial charge in [-0.2, -0.15) is 0 Å². The van der Waals surface area contributed by atoms with Crippen LogP contribution in [0.5, 0.6) is 11.5 Å². The van der Waals surface area contributed by atoms with E-state index >= 15 is 0 Å². The molecule has 2 aromatic carbocycles. The van der Waals surface area contributed by atoms with Gasteiger partial charge in [0.15, 0.2) is 13.2 Å². The van der Waals surface area contributed by atoms with E-state index in [0.717, 1.165) is 12.0 Å². The summed E-state index contributed by atoms with van der Waals surface area (Å²) in [6.45, 7) is 8.03. The Balaban J connectivity index is 1.71. The molecule has 2 rings (SSSR count). The zero-order valence-electron chi connectivity index (χ0n) is 17.5. The van der Waals surface area contributed by atoms with Gasteiger partial charge >= 0.3 is 0 Å². The summed E-state index contributed by atoms with van der Waals surface area (Å²) < 4.78 is 11.0. The Labute approximate surface area is 172 Å². The van der Waals surface area contributed by atoms with Crippen molar-refractivity contribution < 1.29 is 19.1 Å². The van der Waals surface area contributed by atoms with Crippen LogP contribution in [0.15, 0.2) is 48.5 Å². The van der Waals surface area contributed by atoms with Crippen LogP contribution in [0.4, 0.5) is 0 Å². The zero-order valence-corrected chi connectivity index (χ0v) is 17.5. The number of hydrogen-bond acceptors (Lipinski definition) is 4. The first-order chi connectivity index (χ1) is 13.9. The van der Waals surface area contributed by atoms with Crippen LogP contribution in [0.25, 0.3) is 0 Å². The van der Waals surface area contributed by atoms with Crippen molar-refractivity contribution >= 4 is 11.8 Å². The first kappa shape index (κ1) is 22.3. The van der Waals surface area contributed by atoms with Gasteiger partial charge in [-0.05, 0) is 47.6 Å². The number of nitrogens with one attached hydrogen (secondary N) is 2. The van der Waals surface area contributed by atoms with E-state index in [4.69, 9.17) is 9.47 Å². The monoisotopic (exact) mass is 398 g/mol. The van der Waals surface area contributed by atoms with Crippen LogP contribution in [-0.4, -0.2) is 25.0 Å². The second kappa shape index (κ2) is 11.1. The van der Waals surface area contributed by atoms with Gasteiger partial charge in [0.1, 0.15) is 11.5 Å². The van der Waals surface area contributed by atoms with Gasteiger partial charge in [0.25, 0.3) is 11.8 Å². The number of ether oxygens (including phenoxy) is 2. The maximum atomic E-state index is 11.9. The second-order valence-corrected chi connectivity index (χ2v) is 7.24. The molecule has 1 atom stereocenters. The maximum absolute atomic E-state index is 11.9. The summed E-state index contributed by atoms with van der Waals surface area (Å²) in [4.78, 5) is 23.8. The van der Waals surface area contributed by atoms with Gasteiger partial charge in [0, 0.05) is 0 Å². The van der Waals surface area contributed by atoms with E-state index in [2.05, 4.69) is 38.5 Å². The molecule has 6 nitrogen and oxygen atoms in total. The fourth-order valence-electron chi connectivity index (χ4n) is 2.72. The second-order valence-electron chi connectivity index (χ2n) is 7.24. The Bertz CT molecular complexity index is 803. The normalized spacial score (nSPS) is 11.6. The van der Waals surface area contributed by atoms with Crippen molar-refractivity contribution in [3.05, 3.63) is 59.7 Å². The average Bonchev–Trinajstić information content (AvgIpc) is 2.74. The molecule has 0 aliphatic carbocycles. The van der Waals surface area contributed by atoms with Gasteiger partial charge < -0.3 is 9.47 Å². The molecular formula is C23H30N2O4. The smallest absolute Gasteiger partial charge is 0.276 e. The Morgan fingerprint density at radius 3 is 2.03 bits per heavy atom. The molecule has 0 radical (unpaired) electrons. The molecule has 29 heavy (non-hydrogen) atoms. The highest BCUT2D eigenvalue weighted by Gasteiger charge is 2.10. The topological polar surface area (TPSA) is 76.7 Å². The van der Waals surface area contributed by atoms with Gasteiger partial charge in [-0.3, -0.25) is 20.4 Å². The molecule has 0 aromatic heterocycles. The number of carbonyl (C=O) groups is 2. The van der Waals surface area contributed by atoms with Gasteiger partial charge in [-0.1, -0.05) is 58.0 Å². The minimum absolute atomic E-state index is 0.193. The van der Waals surface area contributed by atoms with Gasteiger partial charge in [-0.25, -0.2) is 0 Å². The van der Waals surface area contributed by atoms with Crippen LogP contribution in [0.1, 0.15) is 57.1 Å². The molecule has 2 aromatic rings. The van der Waals surface area contributed by atoms with Crippen molar-refractivity contribution in [3.8, 4) is 11.5 Å². The molecule has 0 saturated carbocycles. The highest BCUT2D eigenvalue weighted by molar-refractivity contribution is 5.83. The third-order valence-electron chi connectivity index (χ3n) is 4.67. The van der Waals surface area contributed by atoms with Crippen molar-refractivity contribution in [2.45, 2.75) is 46.0 Å². The van der Waals surface area contributed by atoms with Gasteiger partial charge in [-0.15, -0.1) is 0 Å². The van der Waals surface area contributed by atoms with Crippen LogP contribution < -0.4 is 20.3 Å². The predicted molar refractivity (Wildman–Crippen MR) is 113 cm³/mol. The molecule has 0 fully saturated rings. The molecule has 0 aliphatic rings. The van der Waals surface area contributed by atoms with E-state index in [1.165, 1.54) is 5.56 Å². The Hall–Kier alpha value is -3.02. The van der Waals surface area contributed by atoms with Crippen molar-refractivity contribution in [1.29, 1.82) is 0 Å². The van der Waals surface area contributed by atoms with Crippen molar-refractivity contribution in [3.63, 3.8) is 0 Å². The average molecular weight is 399 g/mol. The zero-order chi connectivity index (χ0) is 21.2. The van der Waals surface area contributed by atoms with E-state index in [1.807, 2.05) is 48.5 Å². The lowest BCUT2D eigenvalue weighted by Crippen LogP contribution is -2.45. The number of rotatable bonds is 9. The van der Waals surface area contributed by atoms with Crippen LogP contribution in [-0.2, 0) is 9.59 Å². The largest absolute Gasteiger partial charge is 0.484 e. The summed E-state index contributed by atoms with van der Waals surface area (Å²) in [6, 6.07) is 15.2. The number of carbonyl (C=O) groups excluding carboxylic acids is 2. The van der Waals surface area contributed by atoms with Gasteiger partial charge in [0.05, 0.1) is 0 Å². The Kier molecular flexibility index (Phi) is 8.52. The highest BCUT2D eigenvalue weighted by atomic mass is 16.5. The number of hydrazine groups is 1. The predicted octanol–water partition coefficient (Wildman–Crippen LogP) is 3.93. The van der Waals surface area contributed by atoms with Crippen LogP contribution in [0, 0.1) is 0 Å². The Morgan fingerprint density at radius 1 is 0.862 bits per heavy atom. The first-order valence-electron chi connectivity index (χ1n) is 9.92. The molecule has 2 amide bonds. The standard InChI is InChI=1S/C23H30N2O4/c1-5-17(4)18-10-12-19(13-11-18)28-14-22(26)24-25-23(27)15-29-21-9-7-6-8-20(21)16(2)3/h6-13,16-17H,5,14-15H2,1-4H3,(H,24,26)(H,25,27)/t17-/m1/s1. The number of amides is 2. The van der Waals surface area contributed by atoms with Crippen LogP contribution in [0.2, 0.25) is 0 Å². The molecule has 0 spiro atoms. The highest BCUT2D eigenvalue weighted by Crippen LogP contribution is 2.25. The van der Waals surface area contributed by atoms with E-state index in [9.17, 15) is 9.59 Å². The molecule has 0 aliphatic heterocycles. The molecule has 6 heteroatoms. The van der Waals surface area contributed by atoms with Crippen molar-refractivity contribution in [2.24, 2.45) is 0 Å². The molecule has 0 unspecified atom stereocenters. The first-order valence-corrected chi connectivity index (χ1v) is 9.92. The third kappa shape index (κ3) is 7.14.